The van der Waals surface area contributed by atoms with Crippen LogP contribution in [0.15, 0.2) is 42.5 Å². The number of aromatic nitrogens is 2. The highest BCUT2D eigenvalue weighted by Crippen LogP contribution is 2.40. The van der Waals surface area contributed by atoms with Crippen molar-refractivity contribution < 1.29 is 14.3 Å². The summed E-state index contributed by atoms with van der Waals surface area (Å²) in [6, 6.07) is 11.5. The number of carbonyl (C=O) groups excluding carboxylic acids is 1. The van der Waals surface area contributed by atoms with Gasteiger partial charge in [-0.1, -0.05) is 23.7 Å². The summed E-state index contributed by atoms with van der Waals surface area (Å²) in [6.07, 6.45) is 3.17. The van der Waals surface area contributed by atoms with Crippen LogP contribution in [0.2, 0.25) is 5.02 Å². The van der Waals surface area contributed by atoms with Crippen molar-refractivity contribution in [1.82, 2.24) is 14.9 Å². The Morgan fingerprint density at radius 2 is 2.19 bits per heavy atom. The molecule has 138 valence electrons. The number of imidazole rings is 1. The van der Waals surface area contributed by atoms with Gasteiger partial charge in [0.05, 0.1) is 16.1 Å². The average Bonchev–Trinajstić information content (AvgIpc) is 3.25. The summed E-state index contributed by atoms with van der Waals surface area (Å²) >= 11 is 6.15. The summed E-state index contributed by atoms with van der Waals surface area (Å²) in [5.74, 6) is 1.88. The third-order valence-corrected chi connectivity index (χ3v) is 4.64. The Bertz CT molecular complexity index is 1040. The highest BCUT2D eigenvalue weighted by Gasteiger charge is 2.17. The molecular weight excluding hydrogens is 366 g/mol. The minimum atomic E-state index is -0.175. The Kier molecular flexibility index (Phi) is 4.73. The summed E-state index contributed by atoms with van der Waals surface area (Å²) in [7, 11) is 0. The molecule has 0 aliphatic carbocycles. The molecule has 1 aliphatic heterocycles. The average molecular weight is 384 g/mol. The second-order valence-corrected chi connectivity index (χ2v) is 6.57. The van der Waals surface area contributed by atoms with Crippen LogP contribution in [0.3, 0.4) is 0 Å². The normalized spacial score (nSPS) is 12.8. The van der Waals surface area contributed by atoms with Gasteiger partial charge < -0.3 is 19.4 Å². The van der Waals surface area contributed by atoms with Gasteiger partial charge in [0.2, 0.25) is 12.7 Å². The summed E-state index contributed by atoms with van der Waals surface area (Å²) in [5, 5.41) is 3.35. The van der Waals surface area contributed by atoms with Gasteiger partial charge in [-0.15, -0.1) is 0 Å². The van der Waals surface area contributed by atoms with Crippen LogP contribution >= 0.6 is 11.6 Å². The second-order valence-electron chi connectivity index (χ2n) is 6.16. The van der Waals surface area contributed by atoms with Crippen molar-refractivity contribution in [3.8, 4) is 11.5 Å². The fourth-order valence-electron chi connectivity index (χ4n) is 3.08. The number of benzene rings is 2. The van der Waals surface area contributed by atoms with E-state index in [1.165, 1.54) is 6.08 Å². The molecule has 2 heterocycles. The first-order valence-corrected chi connectivity index (χ1v) is 8.96. The van der Waals surface area contributed by atoms with Crippen LogP contribution in [0.25, 0.3) is 17.1 Å². The molecule has 1 aromatic heterocycles. The fraction of sp³-hybridized carbons (Fsp3) is 0.200. The van der Waals surface area contributed by atoms with Gasteiger partial charge in [0.15, 0.2) is 11.5 Å². The Labute approximate surface area is 161 Å². The van der Waals surface area contributed by atoms with Gasteiger partial charge >= 0.3 is 0 Å². The van der Waals surface area contributed by atoms with Crippen LogP contribution in [-0.4, -0.2) is 28.8 Å². The highest BCUT2D eigenvalue weighted by atomic mass is 35.5. The van der Waals surface area contributed by atoms with Gasteiger partial charge in [0.1, 0.15) is 5.82 Å². The molecule has 1 amide bonds. The Morgan fingerprint density at radius 3 is 3.07 bits per heavy atom. The molecule has 3 aromatic rings. The third-order valence-electron chi connectivity index (χ3n) is 4.36. The number of fused-ring (bicyclic) bond motifs is 2. The van der Waals surface area contributed by atoms with Gasteiger partial charge in [0.25, 0.3) is 0 Å². The van der Waals surface area contributed by atoms with E-state index in [0.29, 0.717) is 29.6 Å². The van der Waals surface area contributed by atoms with Crippen LogP contribution in [0.5, 0.6) is 11.5 Å². The van der Waals surface area contributed by atoms with E-state index in [4.69, 9.17) is 21.1 Å². The second kappa shape index (κ2) is 7.32. The summed E-state index contributed by atoms with van der Waals surface area (Å²) in [5.41, 5.74) is 2.80. The number of ether oxygens (including phenoxy) is 2. The molecule has 0 saturated carbocycles. The molecule has 0 atom stereocenters. The molecule has 1 N–H and O–H groups in total. The summed E-state index contributed by atoms with van der Waals surface area (Å²) < 4.78 is 12.7. The van der Waals surface area contributed by atoms with Crippen molar-refractivity contribution in [2.45, 2.75) is 13.5 Å². The number of amides is 1. The zero-order valence-corrected chi connectivity index (χ0v) is 15.5. The van der Waals surface area contributed by atoms with Crippen molar-refractivity contribution in [3.05, 3.63) is 58.9 Å². The first-order valence-electron chi connectivity index (χ1n) is 8.59. The van der Waals surface area contributed by atoms with E-state index in [2.05, 4.69) is 14.9 Å². The number of nitrogens with one attached hydrogen (secondary N) is 1. The first kappa shape index (κ1) is 17.4. The predicted molar refractivity (Wildman–Crippen MR) is 104 cm³/mol. The summed E-state index contributed by atoms with van der Waals surface area (Å²) in [4.78, 5) is 16.6. The summed E-state index contributed by atoms with van der Waals surface area (Å²) in [6.45, 7) is 3.28. The predicted octanol–water partition coefficient (Wildman–Crippen LogP) is 3.56. The van der Waals surface area contributed by atoms with Gasteiger partial charge in [-0.3, -0.25) is 4.79 Å². The number of aryl methyl sites for hydroxylation is 1. The number of para-hydroxylation sites is 2. The minimum absolute atomic E-state index is 0.158. The van der Waals surface area contributed by atoms with E-state index in [-0.39, 0.29) is 12.7 Å². The maximum Gasteiger partial charge on any atom is 0.244 e. The highest BCUT2D eigenvalue weighted by molar-refractivity contribution is 6.32. The maximum absolute atomic E-state index is 12.1. The molecule has 27 heavy (non-hydrogen) atoms. The van der Waals surface area contributed by atoms with Crippen molar-refractivity contribution in [3.63, 3.8) is 0 Å². The van der Waals surface area contributed by atoms with Crippen molar-refractivity contribution >= 4 is 34.6 Å². The number of carbonyl (C=O) groups is 1. The van der Waals surface area contributed by atoms with Gasteiger partial charge in [-0.2, -0.15) is 0 Å². The SMILES string of the molecule is Cc1nc2ccccc2n1CCNC(=O)/C=C/c1cc(Cl)c2c(c1)OCO2. The molecule has 0 fully saturated rings. The molecular formula is C20H18ClN3O3. The van der Waals surface area contributed by atoms with Crippen LogP contribution in [0.1, 0.15) is 11.4 Å². The standard InChI is InChI=1S/C20H18ClN3O3/c1-13-23-16-4-2-3-5-17(16)24(13)9-8-22-19(25)7-6-14-10-15(21)20-18(11-14)26-12-27-20/h2-7,10-11H,8-9,12H2,1H3,(H,22,25)/b7-6+. The molecule has 6 nitrogen and oxygen atoms in total. The Balaban J connectivity index is 1.37. The maximum atomic E-state index is 12.1. The van der Waals surface area contributed by atoms with Gasteiger partial charge in [-0.25, -0.2) is 4.98 Å². The van der Waals surface area contributed by atoms with E-state index in [1.807, 2.05) is 31.2 Å². The van der Waals surface area contributed by atoms with Crippen molar-refractivity contribution in [2.75, 3.05) is 13.3 Å². The Hall–Kier alpha value is -2.99. The molecule has 0 saturated heterocycles. The van der Waals surface area contributed by atoms with Crippen molar-refractivity contribution in [2.24, 2.45) is 0 Å². The molecule has 0 radical (unpaired) electrons. The van der Waals surface area contributed by atoms with Crippen LogP contribution < -0.4 is 14.8 Å². The van der Waals surface area contributed by atoms with E-state index >= 15 is 0 Å². The topological polar surface area (TPSA) is 65.4 Å². The lowest BCUT2D eigenvalue weighted by Gasteiger charge is -2.07. The fourth-order valence-corrected chi connectivity index (χ4v) is 3.36. The molecule has 2 aromatic carbocycles. The number of hydrogen-bond acceptors (Lipinski definition) is 4. The van der Waals surface area contributed by atoms with E-state index in [0.717, 1.165) is 22.4 Å². The molecule has 7 heteroatoms. The lowest BCUT2D eigenvalue weighted by molar-refractivity contribution is -0.116. The lowest BCUT2D eigenvalue weighted by atomic mass is 10.2. The van der Waals surface area contributed by atoms with Crippen LogP contribution in [0, 0.1) is 6.92 Å². The zero-order chi connectivity index (χ0) is 18.8. The van der Waals surface area contributed by atoms with Gasteiger partial charge in [-0.05, 0) is 42.8 Å². The smallest absolute Gasteiger partial charge is 0.244 e. The largest absolute Gasteiger partial charge is 0.454 e. The molecule has 1 aliphatic rings. The quantitative estimate of drug-likeness (QED) is 0.684. The third kappa shape index (κ3) is 3.61. The molecule has 4 rings (SSSR count). The zero-order valence-electron chi connectivity index (χ0n) is 14.7. The van der Waals surface area contributed by atoms with Crippen LogP contribution in [-0.2, 0) is 11.3 Å². The number of halogens is 1. The van der Waals surface area contributed by atoms with E-state index in [1.54, 1.807) is 18.2 Å². The van der Waals surface area contributed by atoms with Gasteiger partial charge in [0, 0.05) is 19.2 Å². The van der Waals surface area contributed by atoms with Crippen LogP contribution in [0.4, 0.5) is 0 Å². The monoisotopic (exact) mass is 383 g/mol. The molecule has 0 unspecified atom stereocenters. The number of rotatable bonds is 5. The number of nitrogens with zero attached hydrogens (tertiary/aromatic N) is 2. The number of hydrogen-bond donors (Lipinski definition) is 1. The lowest BCUT2D eigenvalue weighted by Crippen LogP contribution is -2.25. The van der Waals surface area contributed by atoms with E-state index in [9.17, 15) is 4.79 Å². The minimum Gasteiger partial charge on any atom is -0.454 e. The molecule has 0 spiro atoms. The Morgan fingerprint density at radius 1 is 1.33 bits per heavy atom. The van der Waals surface area contributed by atoms with E-state index < -0.39 is 0 Å². The molecule has 0 bridgehead atoms. The first-order chi connectivity index (χ1) is 13.1. The van der Waals surface area contributed by atoms with Crippen molar-refractivity contribution in [1.29, 1.82) is 0 Å².